The van der Waals surface area contributed by atoms with Gasteiger partial charge in [-0.3, -0.25) is 4.79 Å². The average molecular weight is 360 g/mol. The number of carbonyl (C=O) groups excluding carboxylic acids is 1. The maximum atomic E-state index is 12.5. The lowest BCUT2D eigenvalue weighted by atomic mass is 9.81. The van der Waals surface area contributed by atoms with Gasteiger partial charge in [0.05, 0.1) is 23.6 Å². The Kier molecular flexibility index (Phi) is 5.13. The molecule has 0 atom stereocenters. The van der Waals surface area contributed by atoms with Crippen LogP contribution in [0.3, 0.4) is 0 Å². The van der Waals surface area contributed by atoms with E-state index in [2.05, 4.69) is 16.3 Å². The summed E-state index contributed by atoms with van der Waals surface area (Å²) in [6.45, 7) is 1.82. The number of nitrogens with zero attached hydrogens (tertiary/aromatic N) is 4. The second-order valence-electron chi connectivity index (χ2n) is 6.21. The van der Waals surface area contributed by atoms with Gasteiger partial charge < -0.3 is 13.7 Å². The van der Waals surface area contributed by atoms with Gasteiger partial charge in [-0.25, -0.2) is 0 Å². The first-order valence-electron chi connectivity index (χ1n) is 8.24. The van der Waals surface area contributed by atoms with Gasteiger partial charge in [-0.05, 0) is 25.8 Å². The van der Waals surface area contributed by atoms with Crippen LogP contribution in [0.2, 0.25) is 0 Å². The van der Waals surface area contributed by atoms with E-state index in [0.29, 0.717) is 16.9 Å². The van der Waals surface area contributed by atoms with Gasteiger partial charge in [0.1, 0.15) is 11.3 Å². The van der Waals surface area contributed by atoms with Crippen molar-refractivity contribution in [3.05, 3.63) is 18.1 Å². The maximum absolute atomic E-state index is 12.5. The Hall–Kier alpha value is -2.27. The first-order chi connectivity index (χ1) is 12.1. The van der Waals surface area contributed by atoms with Crippen molar-refractivity contribution < 1.29 is 13.6 Å². The summed E-state index contributed by atoms with van der Waals surface area (Å²) in [5, 5.41) is 17.9. The number of rotatable bonds is 5. The first kappa shape index (κ1) is 17.5. The molecule has 2 aromatic heterocycles. The number of aryl methyl sites for hydroxylation is 1. The lowest BCUT2D eigenvalue weighted by Gasteiger charge is -2.38. The third kappa shape index (κ3) is 3.56. The van der Waals surface area contributed by atoms with Crippen LogP contribution in [0.25, 0.3) is 11.5 Å². The number of nitriles is 1. The standard InChI is InChI=1S/C17H20N4O3S/c1-12-13(6-9-23-12)15-19-20-16(24-15)25-10-14(22)21(2)17(11-18)7-4-3-5-8-17/h6,9H,3-5,7-8,10H2,1-2H3. The summed E-state index contributed by atoms with van der Waals surface area (Å²) in [6.07, 6.45) is 6.12. The van der Waals surface area contributed by atoms with Crippen LogP contribution in [-0.2, 0) is 4.79 Å². The highest BCUT2D eigenvalue weighted by Gasteiger charge is 2.38. The van der Waals surface area contributed by atoms with E-state index in [-0.39, 0.29) is 11.7 Å². The lowest BCUT2D eigenvalue weighted by Crippen LogP contribution is -2.50. The van der Waals surface area contributed by atoms with Crippen LogP contribution in [0.4, 0.5) is 0 Å². The minimum atomic E-state index is -0.677. The molecule has 8 heteroatoms. The SMILES string of the molecule is Cc1occc1-c1nnc(SCC(=O)N(C)C2(C#N)CCCCC2)o1. The van der Waals surface area contributed by atoms with Crippen molar-refractivity contribution in [3.63, 3.8) is 0 Å². The van der Waals surface area contributed by atoms with Crippen molar-refractivity contribution in [2.24, 2.45) is 0 Å². The summed E-state index contributed by atoms with van der Waals surface area (Å²) < 4.78 is 10.8. The normalized spacial score (nSPS) is 16.4. The van der Waals surface area contributed by atoms with Crippen molar-refractivity contribution in [3.8, 4) is 17.5 Å². The predicted molar refractivity (Wildman–Crippen MR) is 91.7 cm³/mol. The fraction of sp³-hybridized carbons (Fsp3) is 0.529. The maximum Gasteiger partial charge on any atom is 0.277 e. The van der Waals surface area contributed by atoms with Gasteiger partial charge in [-0.2, -0.15) is 5.26 Å². The van der Waals surface area contributed by atoms with Crippen molar-refractivity contribution in [1.82, 2.24) is 15.1 Å². The molecule has 0 spiro atoms. The van der Waals surface area contributed by atoms with Gasteiger partial charge in [-0.15, -0.1) is 10.2 Å². The molecule has 2 aromatic rings. The van der Waals surface area contributed by atoms with Crippen molar-refractivity contribution in [2.75, 3.05) is 12.8 Å². The third-order valence-electron chi connectivity index (χ3n) is 4.72. The average Bonchev–Trinajstić information content (AvgIpc) is 3.28. The molecule has 0 unspecified atom stereocenters. The van der Waals surface area contributed by atoms with Gasteiger partial charge >= 0.3 is 0 Å². The smallest absolute Gasteiger partial charge is 0.277 e. The summed E-state index contributed by atoms with van der Waals surface area (Å²) in [5.41, 5.74) is 0.0671. The van der Waals surface area contributed by atoms with E-state index in [0.717, 1.165) is 37.7 Å². The second kappa shape index (κ2) is 7.31. The number of hydrogen-bond acceptors (Lipinski definition) is 7. The predicted octanol–water partition coefficient (Wildman–Crippen LogP) is 3.42. The molecule has 0 bridgehead atoms. The van der Waals surface area contributed by atoms with Crippen LogP contribution in [-0.4, -0.2) is 39.3 Å². The fourth-order valence-corrected chi connectivity index (χ4v) is 3.78. The van der Waals surface area contributed by atoms with Gasteiger partial charge in [0, 0.05) is 7.05 Å². The zero-order valence-corrected chi connectivity index (χ0v) is 15.1. The van der Waals surface area contributed by atoms with Gasteiger partial charge in [-0.1, -0.05) is 31.0 Å². The van der Waals surface area contributed by atoms with E-state index in [9.17, 15) is 10.1 Å². The second-order valence-corrected chi connectivity index (χ2v) is 7.14. The summed E-state index contributed by atoms with van der Waals surface area (Å²) in [6, 6.07) is 4.12. The topological polar surface area (TPSA) is 96.2 Å². The fourth-order valence-electron chi connectivity index (χ4n) is 3.10. The number of thioether (sulfide) groups is 1. The molecule has 1 aliphatic carbocycles. The van der Waals surface area contributed by atoms with E-state index in [4.69, 9.17) is 8.83 Å². The van der Waals surface area contributed by atoms with E-state index in [1.165, 1.54) is 11.8 Å². The molecule has 2 heterocycles. The van der Waals surface area contributed by atoms with Gasteiger partial charge in [0.15, 0.2) is 0 Å². The molecular formula is C17H20N4O3S. The molecule has 7 nitrogen and oxygen atoms in total. The lowest BCUT2D eigenvalue weighted by molar-refractivity contribution is -0.131. The number of hydrogen-bond donors (Lipinski definition) is 0. The molecular weight excluding hydrogens is 340 g/mol. The van der Waals surface area contributed by atoms with E-state index < -0.39 is 5.54 Å². The molecule has 132 valence electrons. The van der Waals surface area contributed by atoms with E-state index in [1.807, 2.05) is 6.92 Å². The molecule has 0 aromatic carbocycles. The Bertz CT molecular complexity index is 786. The minimum absolute atomic E-state index is 0.104. The molecule has 1 aliphatic rings. The van der Waals surface area contributed by atoms with Crippen LogP contribution in [0.5, 0.6) is 0 Å². The molecule has 1 saturated carbocycles. The monoisotopic (exact) mass is 360 g/mol. The highest BCUT2D eigenvalue weighted by molar-refractivity contribution is 7.99. The highest BCUT2D eigenvalue weighted by Crippen LogP contribution is 2.33. The number of aromatic nitrogens is 2. The van der Waals surface area contributed by atoms with E-state index in [1.54, 1.807) is 24.3 Å². The molecule has 1 fully saturated rings. The molecule has 1 amide bonds. The Labute approximate surface area is 150 Å². The summed E-state index contributed by atoms with van der Waals surface area (Å²) >= 11 is 1.18. The van der Waals surface area contributed by atoms with Gasteiger partial charge in [0.25, 0.3) is 11.1 Å². The van der Waals surface area contributed by atoms with Crippen LogP contribution in [0.15, 0.2) is 26.4 Å². The molecule has 0 N–H and O–H groups in total. The van der Waals surface area contributed by atoms with Crippen molar-refractivity contribution >= 4 is 17.7 Å². The number of carbonyl (C=O) groups is 1. The van der Waals surface area contributed by atoms with Crippen LogP contribution in [0.1, 0.15) is 37.9 Å². The number of amides is 1. The third-order valence-corrected chi connectivity index (χ3v) is 5.52. The zero-order valence-electron chi connectivity index (χ0n) is 14.3. The van der Waals surface area contributed by atoms with Gasteiger partial charge in [0.2, 0.25) is 5.91 Å². The highest BCUT2D eigenvalue weighted by atomic mass is 32.2. The van der Waals surface area contributed by atoms with Crippen LogP contribution < -0.4 is 0 Å². The van der Waals surface area contributed by atoms with Crippen LogP contribution >= 0.6 is 11.8 Å². The zero-order chi connectivity index (χ0) is 17.9. The Balaban J connectivity index is 1.62. The Morgan fingerprint density at radius 3 is 2.80 bits per heavy atom. The molecule has 3 rings (SSSR count). The van der Waals surface area contributed by atoms with Crippen molar-refractivity contribution in [1.29, 1.82) is 5.26 Å². The molecule has 0 radical (unpaired) electrons. The summed E-state index contributed by atoms with van der Waals surface area (Å²) in [4.78, 5) is 14.1. The molecule has 25 heavy (non-hydrogen) atoms. The Morgan fingerprint density at radius 1 is 1.40 bits per heavy atom. The van der Waals surface area contributed by atoms with Crippen LogP contribution in [0, 0.1) is 18.3 Å². The van der Waals surface area contributed by atoms with Crippen molar-refractivity contribution in [2.45, 2.75) is 49.8 Å². The summed E-state index contributed by atoms with van der Waals surface area (Å²) in [5.74, 6) is 1.12. The summed E-state index contributed by atoms with van der Waals surface area (Å²) in [7, 11) is 1.71. The molecule has 0 aliphatic heterocycles. The number of furan rings is 1. The van der Waals surface area contributed by atoms with E-state index >= 15 is 0 Å². The minimum Gasteiger partial charge on any atom is -0.469 e. The molecule has 0 saturated heterocycles. The Morgan fingerprint density at radius 2 is 2.16 bits per heavy atom. The quantitative estimate of drug-likeness (QED) is 0.754. The largest absolute Gasteiger partial charge is 0.469 e. The first-order valence-corrected chi connectivity index (χ1v) is 9.23.